The molecule has 1 aromatic heterocycles. The van der Waals surface area contributed by atoms with Gasteiger partial charge in [0, 0.05) is 11.2 Å². The summed E-state index contributed by atoms with van der Waals surface area (Å²) >= 11 is 5.69. The van der Waals surface area contributed by atoms with Gasteiger partial charge in [0.1, 0.15) is 11.2 Å². The number of rotatable bonds is 4. The molecule has 0 saturated carbocycles. The van der Waals surface area contributed by atoms with Crippen LogP contribution in [0, 0.1) is 5.82 Å². The Morgan fingerprint density at radius 2 is 2.15 bits per heavy atom. The summed E-state index contributed by atoms with van der Waals surface area (Å²) in [6, 6.07) is 3.67. The smallest absolute Gasteiger partial charge is 0.243 e. The van der Waals surface area contributed by atoms with Gasteiger partial charge in [-0.3, -0.25) is 0 Å². The monoisotopic (exact) mass is 316 g/mol. The molecule has 0 saturated heterocycles. The molecular weight excluding hydrogens is 307 g/mol. The fourth-order valence-electron chi connectivity index (χ4n) is 1.45. The normalized spacial score (nSPS) is 11.5. The van der Waals surface area contributed by atoms with Crippen LogP contribution in [0.2, 0.25) is 5.02 Å². The zero-order valence-corrected chi connectivity index (χ0v) is 11.6. The summed E-state index contributed by atoms with van der Waals surface area (Å²) in [5.74, 6) is -1.04. The summed E-state index contributed by atoms with van der Waals surface area (Å²) in [4.78, 5) is 6.95. The zero-order valence-electron chi connectivity index (χ0n) is 10.0. The van der Waals surface area contributed by atoms with E-state index in [9.17, 15) is 12.8 Å². The Hall–Kier alpha value is -1.77. The Bertz CT molecular complexity index is 725. The lowest BCUT2D eigenvalue weighted by Gasteiger charge is -2.09. The van der Waals surface area contributed by atoms with Gasteiger partial charge in [0.15, 0.2) is 5.82 Å². The molecule has 0 amide bonds. The third-order valence-corrected chi connectivity index (χ3v) is 4.03. The Labute approximate surface area is 119 Å². The molecule has 9 heteroatoms. The molecule has 0 spiro atoms. The number of nitrogens with one attached hydrogen (secondary N) is 1. The summed E-state index contributed by atoms with van der Waals surface area (Å²) in [6.07, 6.45) is 2.75. The number of aromatic nitrogens is 2. The van der Waals surface area contributed by atoms with Gasteiger partial charge in [-0.05, 0) is 18.2 Å². The van der Waals surface area contributed by atoms with E-state index < -0.39 is 20.7 Å². The molecule has 20 heavy (non-hydrogen) atoms. The van der Waals surface area contributed by atoms with Gasteiger partial charge in [-0.2, -0.15) is 0 Å². The van der Waals surface area contributed by atoms with Crippen molar-refractivity contribution in [1.82, 2.24) is 14.7 Å². The van der Waals surface area contributed by atoms with Crippen molar-refractivity contribution in [3.05, 3.63) is 47.3 Å². The number of halogens is 2. The van der Waals surface area contributed by atoms with E-state index in [4.69, 9.17) is 17.3 Å². The third-order valence-electron chi connectivity index (χ3n) is 2.41. The van der Waals surface area contributed by atoms with Crippen molar-refractivity contribution in [1.29, 1.82) is 0 Å². The van der Waals surface area contributed by atoms with E-state index in [1.54, 1.807) is 0 Å². The van der Waals surface area contributed by atoms with Crippen molar-refractivity contribution in [3.8, 4) is 0 Å². The highest BCUT2D eigenvalue weighted by Gasteiger charge is 2.21. The molecule has 6 nitrogen and oxygen atoms in total. The van der Waals surface area contributed by atoms with Gasteiger partial charge < -0.3 is 5.73 Å². The highest BCUT2D eigenvalue weighted by molar-refractivity contribution is 7.89. The predicted molar refractivity (Wildman–Crippen MR) is 71.9 cm³/mol. The first-order valence-electron chi connectivity index (χ1n) is 5.39. The Morgan fingerprint density at radius 3 is 2.80 bits per heavy atom. The molecule has 0 unspecified atom stereocenters. The molecule has 1 heterocycles. The average molecular weight is 317 g/mol. The van der Waals surface area contributed by atoms with Crippen LogP contribution in [0.5, 0.6) is 0 Å². The third kappa shape index (κ3) is 3.21. The SMILES string of the molecule is Nc1cc(Cl)cc(S(=O)(=O)NCc2ccncn2)c1F. The minimum Gasteiger partial charge on any atom is -0.396 e. The maximum Gasteiger partial charge on any atom is 0.243 e. The second-order valence-electron chi connectivity index (χ2n) is 3.83. The van der Waals surface area contributed by atoms with Crippen LogP contribution in [-0.2, 0) is 16.6 Å². The maximum absolute atomic E-state index is 13.8. The molecule has 0 aliphatic rings. The number of hydrogen-bond acceptors (Lipinski definition) is 5. The first-order valence-corrected chi connectivity index (χ1v) is 7.25. The van der Waals surface area contributed by atoms with Gasteiger partial charge in [0.25, 0.3) is 0 Å². The van der Waals surface area contributed by atoms with Gasteiger partial charge >= 0.3 is 0 Å². The fourth-order valence-corrected chi connectivity index (χ4v) is 2.87. The van der Waals surface area contributed by atoms with E-state index >= 15 is 0 Å². The minimum atomic E-state index is -4.08. The molecule has 0 aliphatic heterocycles. The summed E-state index contributed by atoms with van der Waals surface area (Å²) in [7, 11) is -4.08. The molecule has 106 valence electrons. The minimum absolute atomic E-state index is 0.0336. The largest absolute Gasteiger partial charge is 0.396 e. The molecule has 0 radical (unpaired) electrons. The number of sulfonamides is 1. The van der Waals surface area contributed by atoms with Crippen LogP contribution in [-0.4, -0.2) is 18.4 Å². The molecule has 0 fully saturated rings. The lowest BCUT2D eigenvalue weighted by molar-refractivity contribution is 0.558. The number of nitrogens with zero attached hydrogens (tertiary/aromatic N) is 2. The van der Waals surface area contributed by atoms with Gasteiger partial charge in [0.2, 0.25) is 10.0 Å². The molecule has 2 aromatic rings. The van der Waals surface area contributed by atoms with Crippen molar-refractivity contribution in [2.75, 3.05) is 5.73 Å². The molecule has 0 atom stereocenters. The second kappa shape index (κ2) is 5.70. The summed E-state index contributed by atoms with van der Waals surface area (Å²) in [5.41, 5.74) is 5.46. The standard InChI is InChI=1S/C11H10ClFN4O2S/c12-7-3-9(14)11(13)10(4-7)20(18,19)17-5-8-1-2-15-6-16-8/h1-4,6,17H,5,14H2. The zero-order chi connectivity index (χ0) is 14.8. The summed E-state index contributed by atoms with van der Waals surface area (Å²) < 4.78 is 40.0. The van der Waals surface area contributed by atoms with Crippen molar-refractivity contribution in [3.63, 3.8) is 0 Å². The van der Waals surface area contributed by atoms with E-state index in [1.165, 1.54) is 18.6 Å². The van der Waals surface area contributed by atoms with Crippen LogP contribution in [0.15, 0.2) is 35.6 Å². The van der Waals surface area contributed by atoms with Gasteiger partial charge in [-0.1, -0.05) is 11.6 Å². The quantitative estimate of drug-likeness (QED) is 0.829. The van der Waals surface area contributed by atoms with Crippen molar-refractivity contribution in [2.24, 2.45) is 0 Å². The second-order valence-corrected chi connectivity index (χ2v) is 6.00. The summed E-state index contributed by atoms with van der Waals surface area (Å²) in [5, 5.41) is 0.0336. The lowest BCUT2D eigenvalue weighted by Crippen LogP contribution is -2.25. The molecule has 3 N–H and O–H groups in total. The van der Waals surface area contributed by atoms with Crippen molar-refractivity contribution >= 4 is 27.3 Å². The molecule has 2 rings (SSSR count). The lowest BCUT2D eigenvalue weighted by atomic mass is 10.3. The van der Waals surface area contributed by atoms with Gasteiger partial charge in [-0.25, -0.2) is 27.5 Å². The number of anilines is 1. The first-order chi connectivity index (χ1) is 9.40. The topological polar surface area (TPSA) is 98.0 Å². The Kier molecular flexibility index (Phi) is 4.17. The molecule has 0 aliphatic carbocycles. The number of nitrogens with two attached hydrogens (primary N) is 1. The molecule has 1 aromatic carbocycles. The van der Waals surface area contributed by atoms with Crippen LogP contribution in [0.4, 0.5) is 10.1 Å². The van der Waals surface area contributed by atoms with Crippen LogP contribution in [0.1, 0.15) is 5.69 Å². The highest BCUT2D eigenvalue weighted by Crippen LogP contribution is 2.25. The van der Waals surface area contributed by atoms with Crippen LogP contribution in [0.25, 0.3) is 0 Å². The first kappa shape index (κ1) is 14.6. The summed E-state index contributed by atoms with van der Waals surface area (Å²) in [6.45, 7) is -0.100. The van der Waals surface area contributed by atoms with E-state index in [0.717, 1.165) is 12.1 Å². The van der Waals surface area contributed by atoms with Crippen LogP contribution < -0.4 is 10.5 Å². The predicted octanol–water partition coefficient (Wildman–Crippen LogP) is 1.33. The highest BCUT2D eigenvalue weighted by atomic mass is 35.5. The van der Waals surface area contributed by atoms with E-state index in [-0.39, 0.29) is 17.3 Å². The van der Waals surface area contributed by atoms with Crippen LogP contribution >= 0.6 is 11.6 Å². The van der Waals surface area contributed by atoms with E-state index in [2.05, 4.69) is 14.7 Å². The van der Waals surface area contributed by atoms with E-state index in [0.29, 0.717) is 5.69 Å². The van der Waals surface area contributed by atoms with Gasteiger partial charge in [-0.15, -0.1) is 0 Å². The number of benzene rings is 1. The maximum atomic E-state index is 13.8. The Balaban J connectivity index is 2.27. The van der Waals surface area contributed by atoms with Gasteiger partial charge in [0.05, 0.1) is 17.9 Å². The molecule has 0 bridgehead atoms. The fraction of sp³-hybridized carbons (Fsp3) is 0.0909. The van der Waals surface area contributed by atoms with Crippen molar-refractivity contribution in [2.45, 2.75) is 11.4 Å². The Morgan fingerprint density at radius 1 is 1.40 bits per heavy atom. The number of nitrogen functional groups attached to an aromatic ring is 1. The van der Waals surface area contributed by atoms with E-state index in [1.807, 2.05) is 0 Å². The van der Waals surface area contributed by atoms with Crippen LogP contribution in [0.3, 0.4) is 0 Å². The molecular formula is C11H10ClFN4O2S. The average Bonchev–Trinajstić information content (AvgIpc) is 2.42. The number of hydrogen-bond donors (Lipinski definition) is 2. The van der Waals surface area contributed by atoms with Crippen molar-refractivity contribution < 1.29 is 12.8 Å².